The predicted molar refractivity (Wildman–Crippen MR) is 153 cm³/mol. The van der Waals surface area contributed by atoms with E-state index in [-0.39, 0.29) is 23.2 Å². The molecule has 0 amide bonds. The first kappa shape index (κ1) is 27.9. The summed E-state index contributed by atoms with van der Waals surface area (Å²) in [7, 11) is 5.25. The first-order valence-electron chi connectivity index (χ1n) is 13.1. The van der Waals surface area contributed by atoms with Crippen molar-refractivity contribution in [2.24, 2.45) is 0 Å². The number of methoxy groups -OCH3 is 1. The van der Waals surface area contributed by atoms with E-state index >= 15 is 0 Å². The second-order valence-electron chi connectivity index (χ2n) is 10.5. The third-order valence-electron chi connectivity index (χ3n) is 7.65. The number of nitrogens with zero attached hydrogens (tertiary/aromatic N) is 1. The van der Waals surface area contributed by atoms with Crippen molar-refractivity contribution in [2.45, 2.75) is 43.9 Å². The topological polar surface area (TPSA) is 130 Å². The Balaban J connectivity index is 1.92. The van der Waals surface area contributed by atoms with Gasteiger partial charge in [-0.2, -0.15) is 0 Å². The Kier molecular flexibility index (Phi) is 7.52. The molecule has 9 nitrogen and oxygen atoms in total. The maximum Gasteiger partial charge on any atom is 0.344 e. The average Bonchev–Trinajstić information content (AvgIpc) is 2.95. The highest BCUT2D eigenvalue weighted by molar-refractivity contribution is 6.20. The van der Waals surface area contributed by atoms with Gasteiger partial charge in [-0.05, 0) is 50.3 Å². The van der Waals surface area contributed by atoms with E-state index in [1.165, 1.54) is 7.11 Å². The summed E-state index contributed by atoms with van der Waals surface area (Å²) >= 11 is 0. The van der Waals surface area contributed by atoms with Crippen LogP contribution in [-0.2, 0) is 4.74 Å². The van der Waals surface area contributed by atoms with E-state index < -0.39 is 36.1 Å². The van der Waals surface area contributed by atoms with Crippen LogP contribution in [0.3, 0.4) is 0 Å². The maximum absolute atomic E-state index is 13.5. The van der Waals surface area contributed by atoms with Gasteiger partial charge in [0.15, 0.2) is 5.78 Å². The zero-order valence-corrected chi connectivity index (χ0v) is 22.9. The van der Waals surface area contributed by atoms with Gasteiger partial charge in [0.2, 0.25) is 0 Å². The largest absolute Gasteiger partial charge is 0.496 e. The first-order chi connectivity index (χ1) is 19.1. The Hall–Kier alpha value is -3.60. The van der Waals surface area contributed by atoms with Gasteiger partial charge in [-0.3, -0.25) is 4.79 Å². The van der Waals surface area contributed by atoms with Gasteiger partial charge >= 0.3 is 5.63 Å². The fourth-order valence-corrected chi connectivity index (χ4v) is 5.51. The molecule has 210 valence electrons. The minimum atomic E-state index is -1.49. The summed E-state index contributed by atoms with van der Waals surface area (Å²) in [5, 5.41) is 34.3. The van der Waals surface area contributed by atoms with E-state index in [4.69, 9.17) is 13.9 Å². The second-order valence-corrected chi connectivity index (χ2v) is 10.5. The van der Waals surface area contributed by atoms with Crippen LogP contribution in [0, 0.1) is 0 Å². The second kappa shape index (κ2) is 10.8. The number of aliphatic hydroxyl groups excluding tert-OH is 3. The molecule has 4 aromatic rings. The van der Waals surface area contributed by atoms with Crippen molar-refractivity contribution in [1.29, 1.82) is 0 Å². The highest BCUT2D eigenvalue weighted by Gasteiger charge is 2.43. The Morgan fingerprint density at radius 1 is 1.05 bits per heavy atom. The van der Waals surface area contributed by atoms with Crippen LogP contribution in [-0.4, -0.2) is 78.2 Å². The summed E-state index contributed by atoms with van der Waals surface area (Å²) in [6.07, 6.45) is -4.34. The minimum Gasteiger partial charge on any atom is -0.496 e. The van der Waals surface area contributed by atoms with Crippen LogP contribution < -0.4 is 10.4 Å². The van der Waals surface area contributed by atoms with Crippen molar-refractivity contribution in [3.05, 3.63) is 70.1 Å². The molecule has 40 heavy (non-hydrogen) atoms. The lowest BCUT2D eigenvalue weighted by Gasteiger charge is -2.40. The molecule has 9 heteroatoms. The summed E-state index contributed by atoms with van der Waals surface area (Å²) in [5.41, 5.74) is 1.14. The lowest BCUT2D eigenvalue weighted by molar-refractivity contribution is -0.219. The molecule has 3 aromatic carbocycles. The predicted octanol–water partition coefficient (Wildman–Crippen LogP) is 3.43. The van der Waals surface area contributed by atoms with Crippen LogP contribution in [0.1, 0.15) is 40.9 Å². The van der Waals surface area contributed by atoms with E-state index in [2.05, 4.69) is 6.58 Å². The van der Waals surface area contributed by atoms with Crippen molar-refractivity contribution < 1.29 is 34.0 Å². The molecule has 0 radical (unpaired) electrons. The molecule has 1 aromatic heterocycles. The number of Topliss-reactive ketones (excluding diaryl/α,β-unsaturated/α-hetero) is 1. The molecule has 0 aliphatic carbocycles. The van der Waals surface area contributed by atoms with Gasteiger partial charge in [-0.1, -0.05) is 30.9 Å². The molecule has 0 bridgehead atoms. The summed E-state index contributed by atoms with van der Waals surface area (Å²) in [5.74, 6) is 0.276. The molecular weight excluding hydrogens is 514 g/mol. The minimum absolute atomic E-state index is 0.143. The van der Waals surface area contributed by atoms with E-state index in [1.54, 1.807) is 49.4 Å². The van der Waals surface area contributed by atoms with E-state index in [0.717, 1.165) is 0 Å². The standard InChI is InChI=1S/C31H33NO8/c1-6-16-12-21-25(23(13-16)38-5)20-14-19(30-28(36)27(35)26(34)15(2)39-30)24-17(22(33)10-11-32(3)4)8-7-9-18(24)29(20)40-31(21)37/h6-9,12-15,26-28,30,34-36H,1,10-11H2,2-5H3/t15-,26-,27+,28+,30-/m0/s1. The van der Waals surface area contributed by atoms with Crippen molar-refractivity contribution in [1.82, 2.24) is 4.90 Å². The van der Waals surface area contributed by atoms with Gasteiger partial charge in [0.25, 0.3) is 0 Å². The number of ether oxygens (including phenoxy) is 2. The average molecular weight is 548 g/mol. The number of hydrogen-bond acceptors (Lipinski definition) is 9. The number of rotatable bonds is 7. The van der Waals surface area contributed by atoms with Crippen LogP contribution in [0.5, 0.6) is 5.75 Å². The summed E-state index contributed by atoms with van der Waals surface area (Å²) in [6.45, 7) is 5.91. The molecule has 1 aliphatic heterocycles. The molecule has 3 N–H and O–H groups in total. The molecular formula is C31H33NO8. The molecule has 0 saturated carbocycles. The van der Waals surface area contributed by atoms with Crippen LogP contribution in [0.4, 0.5) is 0 Å². The fourth-order valence-electron chi connectivity index (χ4n) is 5.51. The molecule has 1 saturated heterocycles. The molecule has 2 heterocycles. The summed E-state index contributed by atoms with van der Waals surface area (Å²) < 4.78 is 17.6. The Morgan fingerprint density at radius 3 is 2.48 bits per heavy atom. The summed E-state index contributed by atoms with van der Waals surface area (Å²) in [4.78, 5) is 28.7. The summed E-state index contributed by atoms with van der Waals surface area (Å²) in [6, 6.07) is 10.3. The number of carbonyl (C=O) groups is 1. The SMILES string of the molecule is C=Cc1cc(OC)c2c(c1)c(=O)oc1c3cccc(C(=O)CCN(C)C)c3c([C@@H]3O[C@@H](C)[C@H](O)[C@@H](O)[C@H]3O)cc12. The molecule has 0 unspecified atom stereocenters. The number of hydrogen-bond donors (Lipinski definition) is 3. The number of benzene rings is 3. The van der Waals surface area contributed by atoms with Crippen LogP contribution in [0.2, 0.25) is 0 Å². The smallest absolute Gasteiger partial charge is 0.344 e. The highest BCUT2D eigenvalue weighted by Crippen LogP contribution is 2.43. The number of fused-ring (bicyclic) bond motifs is 5. The van der Waals surface area contributed by atoms with E-state index in [0.29, 0.717) is 50.5 Å². The van der Waals surface area contributed by atoms with Crippen molar-refractivity contribution in [2.75, 3.05) is 27.7 Å². The zero-order valence-electron chi connectivity index (χ0n) is 22.9. The van der Waals surface area contributed by atoms with Gasteiger partial charge in [-0.15, -0.1) is 0 Å². The number of ketones is 1. The lowest BCUT2D eigenvalue weighted by atomic mass is 9.85. The van der Waals surface area contributed by atoms with Gasteiger partial charge in [-0.25, -0.2) is 4.79 Å². The van der Waals surface area contributed by atoms with Gasteiger partial charge in [0, 0.05) is 40.1 Å². The quantitative estimate of drug-likeness (QED) is 0.181. The monoisotopic (exact) mass is 547 g/mol. The molecule has 1 fully saturated rings. The maximum atomic E-state index is 13.5. The number of carbonyl (C=O) groups excluding carboxylic acids is 1. The molecule has 5 rings (SSSR count). The third-order valence-corrected chi connectivity index (χ3v) is 7.65. The Morgan fingerprint density at radius 2 is 1.80 bits per heavy atom. The Labute approximate surface area is 230 Å². The van der Waals surface area contributed by atoms with Crippen molar-refractivity contribution in [3.63, 3.8) is 0 Å². The number of aliphatic hydroxyl groups is 3. The normalized spacial score (nSPS) is 23.2. The molecule has 0 spiro atoms. The third kappa shape index (κ3) is 4.59. The van der Waals surface area contributed by atoms with Crippen molar-refractivity contribution in [3.8, 4) is 5.75 Å². The zero-order chi connectivity index (χ0) is 28.9. The lowest BCUT2D eigenvalue weighted by Crippen LogP contribution is -2.53. The van der Waals surface area contributed by atoms with Crippen LogP contribution >= 0.6 is 0 Å². The van der Waals surface area contributed by atoms with E-state index in [9.17, 15) is 24.9 Å². The molecule has 5 atom stereocenters. The van der Waals surface area contributed by atoms with Gasteiger partial charge in [0.05, 0.1) is 18.6 Å². The molecule has 1 aliphatic rings. The first-order valence-corrected chi connectivity index (χ1v) is 13.1. The van der Waals surface area contributed by atoms with Gasteiger partial charge in [0.1, 0.15) is 35.7 Å². The van der Waals surface area contributed by atoms with Crippen LogP contribution in [0.25, 0.3) is 38.6 Å². The Bertz CT molecular complexity index is 1690. The van der Waals surface area contributed by atoms with E-state index in [1.807, 2.05) is 19.0 Å². The van der Waals surface area contributed by atoms with Crippen LogP contribution in [0.15, 0.2) is 52.2 Å². The van der Waals surface area contributed by atoms with Crippen molar-refractivity contribution >= 4 is 44.4 Å². The fraction of sp³-hybridized carbons (Fsp3) is 0.355. The highest BCUT2D eigenvalue weighted by atomic mass is 16.5. The van der Waals surface area contributed by atoms with Gasteiger partial charge < -0.3 is 34.1 Å².